The van der Waals surface area contributed by atoms with Gasteiger partial charge in [0.05, 0.1) is 21.9 Å². The topological polar surface area (TPSA) is 42.0 Å². The van der Waals surface area contributed by atoms with E-state index in [0.717, 1.165) is 5.56 Å². The molecule has 19 heavy (non-hydrogen) atoms. The fraction of sp³-hybridized carbons (Fsp3) is 0. The number of anilines is 1. The summed E-state index contributed by atoms with van der Waals surface area (Å²) >= 11 is 11.7. The maximum absolute atomic E-state index is 11.7. The molecule has 0 aliphatic heterocycles. The summed E-state index contributed by atoms with van der Waals surface area (Å²) in [5.74, 6) is -0.237. The number of benzene rings is 1. The maximum atomic E-state index is 11.7. The number of hydrogen-bond donors (Lipinski definition) is 1. The number of amides is 1. The first-order valence-corrected chi connectivity index (χ1v) is 6.25. The second-order valence-corrected chi connectivity index (χ2v) is 4.55. The zero-order chi connectivity index (χ0) is 13.7. The summed E-state index contributed by atoms with van der Waals surface area (Å²) in [6.07, 6.45) is 6.30. The van der Waals surface area contributed by atoms with E-state index in [0.29, 0.717) is 15.7 Å². The van der Waals surface area contributed by atoms with Gasteiger partial charge in [-0.3, -0.25) is 9.78 Å². The molecule has 0 unspecified atom stereocenters. The molecule has 5 heteroatoms. The molecule has 0 fully saturated rings. The quantitative estimate of drug-likeness (QED) is 0.868. The smallest absolute Gasteiger partial charge is 0.248 e. The van der Waals surface area contributed by atoms with E-state index in [-0.39, 0.29) is 5.91 Å². The Morgan fingerprint density at radius 1 is 1.21 bits per heavy atom. The van der Waals surface area contributed by atoms with E-state index >= 15 is 0 Å². The number of halogens is 2. The highest BCUT2D eigenvalue weighted by atomic mass is 35.5. The predicted octanol–water partition coefficient (Wildman–Crippen LogP) is 4.04. The van der Waals surface area contributed by atoms with Crippen LogP contribution in [0.15, 0.2) is 48.8 Å². The third kappa shape index (κ3) is 4.09. The van der Waals surface area contributed by atoms with E-state index in [2.05, 4.69) is 10.3 Å². The summed E-state index contributed by atoms with van der Waals surface area (Å²) in [5.41, 5.74) is 1.45. The highest BCUT2D eigenvalue weighted by Gasteiger charge is 1.99. The molecular formula is C14H10Cl2N2O. The van der Waals surface area contributed by atoms with Gasteiger partial charge in [0.2, 0.25) is 5.91 Å². The van der Waals surface area contributed by atoms with Crippen molar-refractivity contribution in [1.82, 2.24) is 4.98 Å². The van der Waals surface area contributed by atoms with Crippen molar-refractivity contribution >= 4 is 40.9 Å². The van der Waals surface area contributed by atoms with Crippen LogP contribution in [0.2, 0.25) is 10.0 Å². The Morgan fingerprint density at radius 2 is 2.05 bits per heavy atom. The number of nitrogens with one attached hydrogen (secondary N) is 1. The van der Waals surface area contributed by atoms with Crippen molar-refractivity contribution in [2.24, 2.45) is 0 Å². The summed E-state index contributed by atoms with van der Waals surface area (Å²) in [7, 11) is 0. The molecule has 0 aliphatic carbocycles. The molecule has 3 nitrogen and oxygen atoms in total. The first-order chi connectivity index (χ1) is 9.15. The van der Waals surface area contributed by atoms with Crippen LogP contribution in [0.25, 0.3) is 6.08 Å². The van der Waals surface area contributed by atoms with Crippen LogP contribution in [0.3, 0.4) is 0 Å². The van der Waals surface area contributed by atoms with Gasteiger partial charge in [0, 0.05) is 12.3 Å². The van der Waals surface area contributed by atoms with Crippen LogP contribution in [0.4, 0.5) is 5.69 Å². The maximum Gasteiger partial charge on any atom is 0.248 e. The van der Waals surface area contributed by atoms with E-state index in [1.54, 1.807) is 48.8 Å². The standard InChI is InChI=1S/C14H10Cl2N2O/c15-12-5-3-10(8-13(12)16)4-6-14(19)18-11-2-1-7-17-9-11/h1-9H,(H,18,19). The van der Waals surface area contributed by atoms with Crippen LogP contribution in [-0.4, -0.2) is 10.9 Å². The van der Waals surface area contributed by atoms with Gasteiger partial charge in [0.1, 0.15) is 0 Å². The molecule has 2 rings (SSSR count). The zero-order valence-electron chi connectivity index (χ0n) is 9.81. The Balaban J connectivity index is 2.02. The van der Waals surface area contributed by atoms with Crippen molar-refractivity contribution in [2.45, 2.75) is 0 Å². The molecular weight excluding hydrogens is 283 g/mol. The lowest BCUT2D eigenvalue weighted by molar-refractivity contribution is -0.111. The Kier molecular flexibility index (Phi) is 4.55. The monoisotopic (exact) mass is 292 g/mol. The molecule has 1 amide bonds. The molecule has 0 spiro atoms. The van der Waals surface area contributed by atoms with Crippen LogP contribution in [0, 0.1) is 0 Å². The second-order valence-electron chi connectivity index (χ2n) is 3.74. The molecule has 0 aliphatic rings. The molecule has 1 heterocycles. The lowest BCUT2D eigenvalue weighted by Crippen LogP contribution is -2.07. The van der Waals surface area contributed by atoms with Crippen molar-refractivity contribution in [3.05, 3.63) is 64.4 Å². The number of carbonyl (C=O) groups is 1. The SMILES string of the molecule is O=C(C=Cc1ccc(Cl)c(Cl)c1)Nc1cccnc1. The van der Waals surface area contributed by atoms with Gasteiger partial charge >= 0.3 is 0 Å². The number of rotatable bonds is 3. The van der Waals surface area contributed by atoms with Crippen molar-refractivity contribution in [1.29, 1.82) is 0 Å². The fourth-order valence-electron chi connectivity index (χ4n) is 1.41. The van der Waals surface area contributed by atoms with E-state index < -0.39 is 0 Å². The Bertz CT molecular complexity index is 612. The van der Waals surface area contributed by atoms with Gasteiger partial charge in [-0.05, 0) is 35.9 Å². The van der Waals surface area contributed by atoms with Crippen molar-refractivity contribution in [3.63, 3.8) is 0 Å². The van der Waals surface area contributed by atoms with E-state index in [4.69, 9.17) is 23.2 Å². The number of hydrogen-bond acceptors (Lipinski definition) is 2. The van der Waals surface area contributed by atoms with Crippen LogP contribution in [0.5, 0.6) is 0 Å². The average molecular weight is 293 g/mol. The lowest BCUT2D eigenvalue weighted by atomic mass is 10.2. The summed E-state index contributed by atoms with van der Waals surface area (Å²) in [4.78, 5) is 15.6. The Morgan fingerprint density at radius 3 is 2.74 bits per heavy atom. The summed E-state index contributed by atoms with van der Waals surface area (Å²) in [6, 6.07) is 8.67. The minimum Gasteiger partial charge on any atom is -0.321 e. The van der Waals surface area contributed by atoms with Crippen LogP contribution in [-0.2, 0) is 4.79 Å². The molecule has 0 atom stereocenters. The summed E-state index contributed by atoms with van der Waals surface area (Å²) in [6.45, 7) is 0. The van der Waals surface area contributed by atoms with Gasteiger partial charge in [0.25, 0.3) is 0 Å². The van der Waals surface area contributed by atoms with Crippen LogP contribution in [0.1, 0.15) is 5.56 Å². The Hall–Kier alpha value is -1.84. The van der Waals surface area contributed by atoms with Gasteiger partial charge < -0.3 is 5.32 Å². The number of nitrogens with zero attached hydrogens (tertiary/aromatic N) is 1. The summed E-state index contributed by atoms with van der Waals surface area (Å²) < 4.78 is 0. The van der Waals surface area contributed by atoms with Gasteiger partial charge in [-0.15, -0.1) is 0 Å². The molecule has 1 aromatic carbocycles. The summed E-state index contributed by atoms with van der Waals surface area (Å²) in [5, 5.41) is 3.63. The van der Waals surface area contributed by atoms with Gasteiger partial charge in [0.15, 0.2) is 0 Å². The van der Waals surface area contributed by atoms with Crippen LogP contribution >= 0.6 is 23.2 Å². The number of pyridine rings is 1. The van der Waals surface area contributed by atoms with E-state index in [1.165, 1.54) is 6.08 Å². The highest BCUT2D eigenvalue weighted by molar-refractivity contribution is 6.42. The first kappa shape index (κ1) is 13.6. The zero-order valence-corrected chi connectivity index (χ0v) is 11.3. The number of aromatic nitrogens is 1. The van der Waals surface area contributed by atoms with Crippen molar-refractivity contribution in [3.8, 4) is 0 Å². The van der Waals surface area contributed by atoms with E-state index in [1.807, 2.05) is 0 Å². The average Bonchev–Trinajstić information content (AvgIpc) is 2.41. The third-order valence-corrected chi connectivity index (χ3v) is 3.04. The predicted molar refractivity (Wildman–Crippen MR) is 78.4 cm³/mol. The first-order valence-electron chi connectivity index (χ1n) is 5.49. The van der Waals surface area contributed by atoms with E-state index in [9.17, 15) is 4.79 Å². The molecule has 1 aromatic heterocycles. The minimum absolute atomic E-state index is 0.237. The van der Waals surface area contributed by atoms with Crippen molar-refractivity contribution < 1.29 is 4.79 Å². The van der Waals surface area contributed by atoms with Gasteiger partial charge in [-0.1, -0.05) is 29.3 Å². The van der Waals surface area contributed by atoms with Crippen LogP contribution < -0.4 is 5.32 Å². The third-order valence-electron chi connectivity index (χ3n) is 2.30. The molecule has 0 saturated heterocycles. The van der Waals surface area contributed by atoms with Crippen molar-refractivity contribution in [2.75, 3.05) is 5.32 Å². The lowest BCUT2D eigenvalue weighted by Gasteiger charge is -2.00. The molecule has 2 aromatic rings. The molecule has 96 valence electrons. The largest absolute Gasteiger partial charge is 0.321 e. The Labute approximate surface area is 120 Å². The molecule has 0 saturated carbocycles. The van der Waals surface area contributed by atoms with Gasteiger partial charge in [-0.25, -0.2) is 0 Å². The normalized spacial score (nSPS) is 10.6. The number of carbonyl (C=O) groups excluding carboxylic acids is 1. The molecule has 0 bridgehead atoms. The molecule has 0 radical (unpaired) electrons. The highest BCUT2D eigenvalue weighted by Crippen LogP contribution is 2.23. The molecule has 1 N–H and O–H groups in total. The minimum atomic E-state index is -0.237. The second kappa shape index (κ2) is 6.36. The fourth-order valence-corrected chi connectivity index (χ4v) is 1.72. The van der Waals surface area contributed by atoms with Gasteiger partial charge in [-0.2, -0.15) is 0 Å².